The number of unbranched alkanes of at least 4 members (excludes halogenated alkanes) is 1. The number of nitriles is 2. The number of allylic oxidation sites excluding steroid dienone is 2. The molecule has 0 unspecified atom stereocenters. The average molecular weight is 869 g/mol. The van der Waals surface area contributed by atoms with Crippen molar-refractivity contribution in [1.82, 2.24) is 9.44 Å². The van der Waals surface area contributed by atoms with E-state index in [9.17, 15) is 27.4 Å². The van der Waals surface area contributed by atoms with Crippen LogP contribution in [-0.2, 0) is 29.5 Å². The lowest BCUT2D eigenvalue weighted by atomic mass is 9.99. The minimum Gasteiger partial charge on any atom is -0.376 e. The second-order valence-corrected chi connectivity index (χ2v) is 21.4. The van der Waals surface area contributed by atoms with E-state index in [2.05, 4.69) is 40.0 Å². The van der Waals surface area contributed by atoms with Crippen LogP contribution in [0.2, 0.25) is 0 Å². The molecule has 0 aromatic heterocycles. The van der Waals surface area contributed by atoms with Gasteiger partial charge in [0, 0.05) is 61.8 Å². The van der Waals surface area contributed by atoms with E-state index < -0.39 is 36.7 Å². The summed E-state index contributed by atoms with van der Waals surface area (Å²) in [5.41, 5.74) is 0.848. The summed E-state index contributed by atoms with van der Waals surface area (Å²) in [6.45, 7) is 27.4. The van der Waals surface area contributed by atoms with Gasteiger partial charge in [0.25, 0.3) is 20.0 Å². The van der Waals surface area contributed by atoms with E-state index >= 15 is 0 Å². The van der Waals surface area contributed by atoms with Crippen LogP contribution in [0.25, 0.3) is 12.2 Å². The zero-order valence-corrected chi connectivity index (χ0v) is 39.9. The molecule has 0 bridgehead atoms. The molecule has 0 atom stereocenters. The maximum Gasteiger partial charge on any atom is 0.251 e. The predicted octanol–water partition coefficient (Wildman–Crippen LogP) is 9.14. The highest BCUT2D eigenvalue weighted by Gasteiger charge is 2.30. The standard InChI is InChI=1S/C46H72N6O6S2/c1-13-29-52(40-24-20-38(21-25-40)34-42(36-48)59(53,54)49-44(7,8)27-31-57-43(4,5)6)30-17-16-26-46(11,12)58-32-28-45(9,10)50-60(55,56)41(35-47)33-37-18-22-39(23-19-37)51(14-2)15-3/h18-25,33-34,49-50H,13-17,26-32H2,1-12H3. The van der Waals surface area contributed by atoms with Crippen molar-refractivity contribution in [3.8, 4) is 12.1 Å². The Bertz CT molecular complexity index is 2020. The molecule has 2 aromatic rings. The molecule has 2 aromatic carbocycles. The van der Waals surface area contributed by atoms with Gasteiger partial charge in [-0.3, -0.25) is 0 Å². The van der Waals surface area contributed by atoms with Crippen molar-refractivity contribution >= 4 is 43.6 Å². The van der Waals surface area contributed by atoms with Crippen LogP contribution in [0.5, 0.6) is 0 Å². The smallest absolute Gasteiger partial charge is 0.251 e. The van der Waals surface area contributed by atoms with Crippen molar-refractivity contribution in [3.05, 3.63) is 69.5 Å². The van der Waals surface area contributed by atoms with Crippen LogP contribution >= 0.6 is 0 Å². The molecular formula is C46H72N6O6S2. The van der Waals surface area contributed by atoms with Gasteiger partial charge in [-0.05, 0) is 162 Å². The topological polar surface area (TPSA) is 165 Å². The lowest BCUT2D eigenvalue weighted by Crippen LogP contribution is -2.45. The first kappa shape index (κ1) is 52.4. The first-order valence-electron chi connectivity index (χ1n) is 21.1. The Balaban J connectivity index is 1.95. The second kappa shape index (κ2) is 22.9. The molecule has 0 aliphatic carbocycles. The third-order valence-electron chi connectivity index (χ3n) is 9.93. The fraction of sp³-hybridized carbons (Fsp3) is 0.609. The summed E-state index contributed by atoms with van der Waals surface area (Å²) in [4.78, 5) is 3.79. The number of nitrogens with zero attached hydrogens (tertiary/aromatic N) is 4. The molecular weight excluding hydrogens is 797 g/mol. The number of ether oxygens (including phenoxy) is 2. The molecule has 0 saturated heterocycles. The molecule has 0 heterocycles. The highest BCUT2D eigenvalue weighted by molar-refractivity contribution is 7.94. The highest BCUT2D eigenvalue weighted by Crippen LogP contribution is 2.25. The molecule has 0 spiro atoms. The zero-order chi connectivity index (χ0) is 45.4. The highest BCUT2D eigenvalue weighted by atomic mass is 32.2. The molecule has 0 fully saturated rings. The number of anilines is 2. The van der Waals surface area contributed by atoms with Gasteiger partial charge in [0.05, 0.1) is 11.2 Å². The second-order valence-electron chi connectivity index (χ2n) is 18.1. The number of benzene rings is 2. The van der Waals surface area contributed by atoms with Crippen LogP contribution in [0.3, 0.4) is 0 Å². The summed E-state index contributed by atoms with van der Waals surface area (Å²) in [5, 5.41) is 19.6. The molecule has 0 radical (unpaired) electrons. The first-order chi connectivity index (χ1) is 27.8. The van der Waals surface area contributed by atoms with Crippen molar-refractivity contribution in [2.24, 2.45) is 0 Å². The van der Waals surface area contributed by atoms with Gasteiger partial charge in [0.2, 0.25) is 0 Å². The Hall–Kier alpha value is -3.76. The van der Waals surface area contributed by atoms with Gasteiger partial charge in [0.1, 0.15) is 12.1 Å². The Kier molecular flexibility index (Phi) is 20.0. The average Bonchev–Trinajstić information content (AvgIpc) is 3.13. The number of nitrogens with one attached hydrogen (secondary N) is 2. The minimum absolute atomic E-state index is 0.332. The van der Waals surface area contributed by atoms with Gasteiger partial charge in [-0.2, -0.15) is 10.5 Å². The van der Waals surface area contributed by atoms with E-state index in [1.165, 1.54) is 12.2 Å². The van der Waals surface area contributed by atoms with E-state index in [-0.39, 0.29) is 15.4 Å². The van der Waals surface area contributed by atoms with Gasteiger partial charge in [0.15, 0.2) is 9.81 Å². The summed E-state index contributed by atoms with van der Waals surface area (Å²) in [7, 11) is -8.14. The number of rotatable bonds is 26. The van der Waals surface area contributed by atoms with Crippen LogP contribution in [0, 0.1) is 22.7 Å². The van der Waals surface area contributed by atoms with Crippen LogP contribution in [0.1, 0.15) is 133 Å². The van der Waals surface area contributed by atoms with Gasteiger partial charge in [-0.1, -0.05) is 31.2 Å². The fourth-order valence-electron chi connectivity index (χ4n) is 6.49. The normalized spacial score (nSPS) is 13.5. The Morgan fingerprint density at radius 3 is 1.42 bits per heavy atom. The Labute approximate surface area is 363 Å². The minimum atomic E-state index is -4.08. The summed E-state index contributed by atoms with van der Waals surface area (Å²) in [5.74, 6) is 0. The van der Waals surface area contributed by atoms with Crippen molar-refractivity contribution < 1.29 is 26.3 Å². The van der Waals surface area contributed by atoms with Gasteiger partial charge in [-0.15, -0.1) is 0 Å². The summed E-state index contributed by atoms with van der Waals surface area (Å²) in [6, 6.07) is 18.8. The maximum atomic E-state index is 13.3. The lowest BCUT2D eigenvalue weighted by molar-refractivity contribution is -0.0311. The van der Waals surface area contributed by atoms with Crippen molar-refractivity contribution in [3.63, 3.8) is 0 Å². The van der Waals surface area contributed by atoms with E-state index in [1.54, 1.807) is 27.7 Å². The number of sulfonamides is 2. The third kappa shape index (κ3) is 18.5. The monoisotopic (exact) mass is 868 g/mol. The van der Waals surface area contributed by atoms with Crippen LogP contribution in [-0.4, -0.2) is 78.5 Å². The lowest BCUT2D eigenvalue weighted by Gasteiger charge is -2.30. The van der Waals surface area contributed by atoms with Crippen LogP contribution in [0.15, 0.2) is 58.3 Å². The third-order valence-corrected chi connectivity index (χ3v) is 13.1. The SMILES string of the molecule is CCCN(CCCCC(C)(C)OCCC(C)(C)NS(=O)(=O)C(C#N)=Cc1ccc(N(CC)CC)cc1)c1ccc(C=C(C#N)S(=O)(=O)NC(C)(C)CCOC(C)(C)C)cc1. The quantitative estimate of drug-likeness (QED) is 0.0688. The maximum absolute atomic E-state index is 13.3. The van der Waals surface area contributed by atoms with E-state index in [1.807, 2.05) is 95.3 Å². The van der Waals surface area contributed by atoms with E-state index in [4.69, 9.17) is 9.47 Å². The Morgan fingerprint density at radius 2 is 1.03 bits per heavy atom. The molecule has 12 nitrogen and oxygen atoms in total. The van der Waals surface area contributed by atoms with E-state index in [0.717, 1.165) is 63.2 Å². The molecule has 0 aliphatic heterocycles. The number of hydrogen-bond acceptors (Lipinski definition) is 10. The number of hydrogen-bond donors (Lipinski definition) is 2. The van der Waals surface area contributed by atoms with Gasteiger partial charge in [-0.25, -0.2) is 26.3 Å². The molecule has 0 saturated carbocycles. The molecule has 0 aliphatic rings. The van der Waals surface area contributed by atoms with Crippen molar-refractivity contribution in [2.75, 3.05) is 49.2 Å². The summed E-state index contributed by atoms with van der Waals surface area (Å²) >= 11 is 0. The molecule has 60 heavy (non-hydrogen) atoms. The Morgan fingerprint density at radius 1 is 0.617 bits per heavy atom. The van der Waals surface area contributed by atoms with Gasteiger partial charge < -0.3 is 19.3 Å². The van der Waals surface area contributed by atoms with Gasteiger partial charge >= 0.3 is 0 Å². The largest absolute Gasteiger partial charge is 0.376 e. The summed E-state index contributed by atoms with van der Waals surface area (Å²) < 4.78 is 70.4. The van der Waals surface area contributed by atoms with E-state index in [0.29, 0.717) is 37.2 Å². The van der Waals surface area contributed by atoms with Crippen LogP contribution in [0.4, 0.5) is 11.4 Å². The first-order valence-corrected chi connectivity index (χ1v) is 24.1. The zero-order valence-electron chi connectivity index (χ0n) is 38.3. The predicted molar refractivity (Wildman–Crippen MR) is 247 cm³/mol. The van der Waals surface area contributed by atoms with Crippen molar-refractivity contribution in [2.45, 2.75) is 144 Å². The van der Waals surface area contributed by atoms with Crippen molar-refractivity contribution in [1.29, 1.82) is 10.5 Å². The molecule has 2 rings (SSSR count). The molecule has 2 N–H and O–H groups in total. The molecule has 0 amide bonds. The fourth-order valence-corrected chi connectivity index (χ4v) is 9.20. The molecule has 334 valence electrons. The molecule has 14 heteroatoms. The van der Waals surface area contributed by atoms with Crippen LogP contribution < -0.4 is 19.2 Å². The summed E-state index contributed by atoms with van der Waals surface area (Å²) in [6.07, 6.45) is 7.22.